The van der Waals surface area contributed by atoms with Gasteiger partial charge in [-0.15, -0.1) is 0 Å². The summed E-state index contributed by atoms with van der Waals surface area (Å²) in [6.45, 7) is 1.29. The molecule has 0 radical (unpaired) electrons. The van der Waals surface area contributed by atoms with Crippen molar-refractivity contribution < 1.29 is 14.0 Å². The van der Waals surface area contributed by atoms with Crippen LogP contribution in [0.3, 0.4) is 0 Å². The Labute approximate surface area is 180 Å². The quantitative estimate of drug-likeness (QED) is 0.642. The number of halogens is 1. The molecule has 31 heavy (non-hydrogen) atoms. The van der Waals surface area contributed by atoms with Crippen LogP contribution in [0.2, 0.25) is 0 Å². The van der Waals surface area contributed by atoms with Gasteiger partial charge in [0.25, 0.3) is 5.91 Å². The van der Waals surface area contributed by atoms with Gasteiger partial charge in [-0.05, 0) is 42.2 Å². The second-order valence-electron chi connectivity index (χ2n) is 8.25. The summed E-state index contributed by atoms with van der Waals surface area (Å²) in [6, 6.07) is 24.0. The monoisotopic (exact) mass is 414 g/mol. The number of amides is 2. The van der Waals surface area contributed by atoms with E-state index in [1.807, 2.05) is 47.4 Å². The van der Waals surface area contributed by atoms with Crippen molar-refractivity contribution in [2.45, 2.75) is 18.3 Å². The van der Waals surface area contributed by atoms with Gasteiger partial charge < -0.3 is 9.80 Å². The maximum atomic E-state index is 14.2. The maximum absolute atomic E-state index is 14.2. The largest absolute Gasteiger partial charge is 0.337 e. The number of rotatable bonds is 4. The molecule has 3 aromatic carbocycles. The van der Waals surface area contributed by atoms with E-state index in [2.05, 4.69) is 12.1 Å². The van der Waals surface area contributed by atoms with Crippen LogP contribution in [-0.4, -0.2) is 36.3 Å². The second-order valence-corrected chi connectivity index (χ2v) is 8.25. The number of anilines is 1. The lowest BCUT2D eigenvalue weighted by Crippen LogP contribution is -2.44. The number of hydrogen-bond donors (Lipinski definition) is 0. The van der Waals surface area contributed by atoms with Gasteiger partial charge in [0.1, 0.15) is 5.82 Å². The van der Waals surface area contributed by atoms with Crippen molar-refractivity contribution in [2.24, 2.45) is 0 Å². The van der Waals surface area contributed by atoms with E-state index in [-0.39, 0.29) is 23.9 Å². The number of carbonyl (C=O) groups is 2. The molecule has 0 aliphatic carbocycles. The molecular formula is C26H23FN2O2. The number of nitrogens with zero attached hydrogens (tertiary/aromatic N) is 2. The highest BCUT2D eigenvalue weighted by Gasteiger charge is 2.55. The number of para-hydroxylation sites is 1. The average Bonchev–Trinajstić information content (AvgIpc) is 3.35. The van der Waals surface area contributed by atoms with E-state index in [9.17, 15) is 14.0 Å². The molecule has 1 atom stereocenters. The molecule has 2 aliphatic rings. The van der Waals surface area contributed by atoms with Crippen LogP contribution in [0.5, 0.6) is 0 Å². The molecule has 0 saturated carbocycles. The number of benzene rings is 3. The van der Waals surface area contributed by atoms with Crippen LogP contribution in [0.4, 0.5) is 10.1 Å². The fourth-order valence-electron chi connectivity index (χ4n) is 4.89. The molecule has 4 nitrogen and oxygen atoms in total. The number of fused-ring (bicyclic) bond motifs is 2. The highest BCUT2D eigenvalue weighted by Crippen LogP contribution is 2.47. The Morgan fingerprint density at radius 2 is 1.65 bits per heavy atom. The van der Waals surface area contributed by atoms with Gasteiger partial charge in [-0.25, -0.2) is 4.39 Å². The van der Waals surface area contributed by atoms with Crippen LogP contribution in [-0.2, 0) is 16.6 Å². The summed E-state index contributed by atoms with van der Waals surface area (Å²) in [5.74, 6) is -0.854. The summed E-state index contributed by atoms with van der Waals surface area (Å²) in [7, 11) is 0. The summed E-state index contributed by atoms with van der Waals surface area (Å²) < 4.78 is 14.2. The Morgan fingerprint density at radius 3 is 2.45 bits per heavy atom. The molecule has 1 saturated heterocycles. The smallest absolute Gasteiger partial charge is 0.256 e. The zero-order valence-corrected chi connectivity index (χ0v) is 17.1. The van der Waals surface area contributed by atoms with Crippen LogP contribution in [0.1, 0.15) is 27.9 Å². The summed E-state index contributed by atoms with van der Waals surface area (Å²) in [4.78, 5) is 30.2. The Kier molecular flexibility index (Phi) is 4.81. The van der Waals surface area contributed by atoms with Crippen LogP contribution in [0.25, 0.3) is 0 Å². The first-order chi connectivity index (χ1) is 15.1. The fraction of sp³-hybridized carbons (Fsp3) is 0.231. The van der Waals surface area contributed by atoms with Gasteiger partial charge in [0.2, 0.25) is 5.91 Å². The van der Waals surface area contributed by atoms with Gasteiger partial charge in [-0.3, -0.25) is 9.59 Å². The van der Waals surface area contributed by atoms with E-state index in [0.29, 0.717) is 19.5 Å². The van der Waals surface area contributed by atoms with Crippen molar-refractivity contribution in [2.75, 3.05) is 24.5 Å². The van der Waals surface area contributed by atoms with Crippen molar-refractivity contribution in [3.8, 4) is 0 Å². The summed E-state index contributed by atoms with van der Waals surface area (Å²) in [6.07, 6.45) is 1.31. The van der Waals surface area contributed by atoms with Gasteiger partial charge in [0.05, 0.1) is 11.0 Å². The molecular weight excluding hydrogens is 391 g/mol. The third-order valence-electron chi connectivity index (χ3n) is 6.49. The fourth-order valence-corrected chi connectivity index (χ4v) is 4.89. The molecule has 3 aromatic rings. The molecule has 0 bridgehead atoms. The van der Waals surface area contributed by atoms with Gasteiger partial charge in [0, 0.05) is 25.3 Å². The summed E-state index contributed by atoms with van der Waals surface area (Å²) in [5, 5.41) is 0. The summed E-state index contributed by atoms with van der Waals surface area (Å²) >= 11 is 0. The predicted molar refractivity (Wildman–Crippen MR) is 118 cm³/mol. The normalized spacial score (nSPS) is 19.8. The molecule has 1 spiro atoms. The molecule has 2 aliphatic heterocycles. The van der Waals surface area contributed by atoms with Crippen molar-refractivity contribution in [1.29, 1.82) is 0 Å². The van der Waals surface area contributed by atoms with Gasteiger partial charge >= 0.3 is 0 Å². The van der Waals surface area contributed by atoms with Crippen molar-refractivity contribution in [3.63, 3.8) is 0 Å². The average molecular weight is 414 g/mol. The Hall–Kier alpha value is -3.47. The van der Waals surface area contributed by atoms with Crippen molar-refractivity contribution in [1.82, 2.24) is 4.90 Å². The van der Waals surface area contributed by atoms with Crippen LogP contribution >= 0.6 is 0 Å². The maximum Gasteiger partial charge on any atom is 0.256 e. The molecule has 2 amide bonds. The van der Waals surface area contributed by atoms with E-state index in [4.69, 9.17) is 0 Å². The molecule has 0 aromatic heterocycles. The first-order valence-electron chi connectivity index (χ1n) is 10.6. The Morgan fingerprint density at radius 1 is 0.935 bits per heavy atom. The van der Waals surface area contributed by atoms with Gasteiger partial charge in [-0.2, -0.15) is 0 Å². The summed E-state index contributed by atoms with van der Waals surface area (Å²) in [5.41, 5.74) is 2.37. The topological polar surface area (TPSA) is 40.6 Å². The van der Waals surface area contributed by atoms with E-state index in [1.165, 1.54) is 17.7 Å². The standard InChI is InChI=1S/C26H23FN2O2/c27-22-12-6-4-10-20(22)24(30)28-17-15-26(18-28)21-11-5-7-13-23(21)29(25(26)31)16-14-19-8-2-1-3-9-19/h1-13H,14-18H2. The lowest BCUT2D eigenvalue weighted by Gasteiger charge is -2.25. The first kappa shape index (κ1) is 19.5. The molecule has 0 N–H and O–H groups in total. The van der Waals surface area contributed by atoms with Gasteiger partial charge in [-0.1, -0.05) is 60.7 Å². The molecule has 1 fully saturated rings. The molecule has 156 valence electrons. The molecule has 5 rings (SSSR count). The third kappa shape index (κ3) is 3.21. The highest BCUT2D eigenvalue weighted by molar-refractivity contribution is 6.09. The third-order valence-corrected chi connectivity index (χ3v) is 6.49. The van der Waals surface area contributed by atoms with Gasteiger partial charge in [0.15, 0.2) is 0 Å². The molecule has 5 heteroatoms. The highest BCUT2D eigenvalue weighted by atomic mass is 19.1. The minimum atomic E-state index is -0.756. The minimum Gasteiger partial charge on any atom is -0.337 e. The lowest BCUT2D eigenvalue weighted by atomic mass is 9.81. The number of carbonyl (C=O) groups excluding carboxylic acids is 2. The molecule has 1 unspecified atom stereocenters. The van der Waals surface area contributed by atoms with E-state index in [1.54, 1.807) is 17.0 Å². The SMILES string of the molecule is O=C(c1ccccc1F)N1CCC2(C1)C(=O)N(CCc1ccccc1)c1ccccc12. The molecule has 2 heterocycles. The Balaban J connectivity index is 1.42. The van der Waals surface area contributed by atoms with Crippen LogP contribution in [0.15, 0.2) is 78.9 Å². The Bertz CT molecular complexity index is 1150. The van der Waals surface area contributed by atoms with Crippen molar-refractivity contribution in [3.05, 3.63) is 101 Å². The lowest BCUT2D eigenvalue weighted by molar-refractivity contribution is -0.122. The van der Waals surface area contributed by atoms with E-state index in [0.717, 1.165) is 17.7 Å². The second kappa shape index (κ2) is 7.65. The van der Waals surface area contributed by atoms with Crippen LogP contribution < -0.4 is 4.90 Å². The minimum absolute atomic E-state index is 0.0356. The number of hydrogen-bond acceptors (Lipinski definition) is 2. The number of likely N-dealkylation sites (tertiary alicyclic amines) is 1. The van der Waals surface area contributed by atoms with Crippen molar-refractivity contribution >= 4 is 17.5 Å². The first-order valence-corrected chi connectivity index (χ1v) is 10.6. The van der Waals surface area contributed by atoms with E-state index >= 15 is 0 Å². The zero-order valence-electron chi connectivity index (χ0n) is 17.1. The van der Waals surface area contributed by atoms with Crippen LogP contribution in [0, 0.1) is 5.82 Å². The predicted octanol–water partition coefficient (Wildman–Crippen LogP) is 4.20. The zero-order chi connectivity index (χ0) is 21.4. The van der Waals surface area contributed by atoms with E-state index < -0.39 is 11.2 Å².